The average Bonchev–Trinajstić information content (AvgIpc) is 2.48. The molecular weight excluding hydrogens is 202 g/mol. The largest absolute Gasteiger partial charge is 0.382 e. The first-order valence-corrected chi connectivity index (χ1v) is 6.65. The van der Waals surface area contributed by atoms with E-state index in [1.54, 1.807) is 7.11 Å². The molecule has 1 saturated carbocycles. The molecule has 0 radical (unpaired) electrons. The van der Waals surface area contributed by atoms with Crippen LogP contribution < -0.4 is 5.73 Å². The van der Waals surface area contributed by atoms with Crippen LogP contribution in [0.2, 0.25) is 0 Å². The number of hydrogen-bond donors (Lipinski definition) is 1. The standard InChI is InChI=1S/C13H27NO2/c1-15-9-10-16-8-4-6-12-5-2-3-7-13(14)11-12/h12-13H,2-11,14H2,1H3. The van der Waals surface area contributed by atoms with E-state index in [1.807, 2.05) is 0 Å². The summed E-state index contributed by atoms with van der Waals surface area (Å²) in [6, 6.07) is 0.446. The van der Waals surface area contributed by atoms with Gasteiger partial charge in [0.2, 0.25) is 0 Å². The summed E-state index contributed by atoms with van der Waals surface area (Å²) in [5, 5.41) is 0. The zero-order valence-corrected chi connectivity index (χ0v) is 10.6. The van der Waals surface area contributed by atoms with Crippen LogP contribution in [0.5, 0.6) is 0 Å². The molecule has 0 bridgehead atoms. The Hall–Kier alpha value is -0.120. The SMILES string of the molecule is COCCOCCCC1CCCCC(N)C1. The van der Waals surface area contributed by atoms with Gasteiger partial charge in [0.05, 0.1) is 13.2 Å². The average molecular weight is 229 g/mol. The molecule has 2 atom stereocenters. The first-order valence-electron chi connectivity index (χ1n) is 6.65. The quantitative estimate of drug-likeness (QED) is 0.538. The van der Waals surface area contributed by atoms with Crippen LogP contribution in [0, 0.1) is 5.92 Å². The lowest BCUT2D eigenvalue weighted by Gasteiger charge is -2.16. The molecule has 16 heavy (non-hydrogen) atoms. The topological polar surface area (TPSA) is 44.5 Å². The Labute approximate surface area is 99.7 Å². The first-order chi connectivity index (χ1) is 7.83. The van der Waals surface area contributed by atoms with Crippen LogP contribution in [0.1, 0.15) is 44.9 Å². The number of ether oxygens (including phenoxy) is 2. The van der Waals surface area contributed by atoms with Gasteiger partial charge in [0.15, 0.2) is 0 Å². The summed E-state index contributed by atoms with van der Waals surface area (Å²) in [6.45, 7) is 2.30. The molecule has 0 heterocycles. The van der Waals surface area contributed by atoms with E-state index < -0.39 is 0 Å². The van der Waals surface area contributed by atoms with Crippen LogP contribution in [0.25, 0.3) is 0 Å². The summed E-state index contributed by atoms with van der Waals surface area (Å²) >= 11 is 0. The van der Waals surface area contributed by atoms with Gasteiger partial charge in [-0.1, -0.05) is 19.3 Å². The Kier molecular flexibility index (Phi) is 7.81. The molecule has 0 aromatic heterocycles. The lowest BCUT2D eigenvalue weighted by Crippen LogP contribution is -2.21. The van der Waals surface area contributed by atoms with Crippen molar-refractivity contribution in [3.63, 3.8) is 0 Å². The molecule has 3 nitrogen and oxygen atoms in total. The molecule has 0 amide bonds. The maximum absolute atomic E-state index is 6.05. The highest BCUT2D eigenvalue weighted by molar-refractivity contribution is 4.73. The second kappa shape index (κ2) is 8.97. The summed E-state index contributed by atoms with van der Waals surface area (Å²) in [7, 11) is 1.70. The van der Waals surface area contributed by atoms with E-state index in [0.29, 0.717) is 12.6 Å². The molecule has 0 spiro atoms. The third-order valence-electron chi connectivity index (χ3n) is 3.41. The molecule has 1 rings (SSSR count). The van der Waals surface area contributed by atoms with Gasteiger partial charge in [-0.2, -0.15) is 0 Å². The molecule has 1 aliphatic rings. The molecule has 2 unspecified atom stereocenters. The van der Waals surface area contributed by atoms with E-state index in [2.05, 4.69) is 0 Å². The number of nitrogens with two attached hydrogens (primary N) is 1. The van der Waals surface area contributed by atoms with E-state index in [0.717, 1.165) is 19.1 Å². The minimum Gasteiger partial charge on any atom is -0.382 e. The van der Waals surface area contributed by atoms with Gasteiger partial charge in [0, 0.05) is 19.8 Å². The molecule has 0 aromatic carbocycles. The van der Waals surface area contributed by atoms with Gasteiger partial charge in [-0.25, -0.2) is 0 Å². The van der Waals surface area contributed by atoms with E-state index in [9.17, 15) is 0 Å². The van der Waals surface area contributed by atoms with Crippen molar-refractivity contribution in [2.45, 2.75) is 51.0 Å². The van der Waals surface area contributed by atoms with Crippen LogP contribution >= 0.6 is 0 Å². The van der Waals surface area contributed by atoms with Gasteiger partial charge in [-0.05, 0) is 31.6 Å². The molecule has 2 N–H and O–H groups in total. The zero-order valence-electron chi connectivity index (χ0n) is 10.6. The maximum Gasteiger partial charge on any atom is 0.0700 e. The summed E-state index contributed by atoms with van der Waals surface area (Å²) in [5.41, 5.74) is 6.05. The fourth-order valence-corrected chi connectivity index (χ4v) is 2.48. The Morgan fingerprint density at radius 1 is 1.12 bits per heavy atom. The molecule has 3 heteroatoms. The van der Waals surface area contributed by atoms with Gasteiger partial charge >= 0.3 is 0 Å². The predicted molar refractivity (Wildman–Crippen MR) is 66.5 cm³/mol. The van der Waals surface area contributed by atoms with Crippen molar-refractivity contribution >= 4 is 0 Å². The lowest BCUT2D eigenvalue weighted by molar-refractivity contribution is 0.0668. The summed E-state index contributed by atoms with van der Waals surface area (Å²) < 4.78 is 10.4. The third kappa shape index (κ3) is 6.46. The Morgan fingerprint density at radius 2 is 1.94 bits per heavy atom. The highest BCUT2D eigenvalue weighted by Gasteiger charge is 2.16. The smallest absolute Gasteiger partial charge is 0.0700 e. The maximum atomic E-state index is 6.05. The number of rotatable bonds is 7. The van der Waals surface area contributed by atoms with Crippen molar-refractivity contribution in [2.24, 2.45) is 11.7 Å². The monoisotopic (exact) mass is 229 g/mol. The van der Waals surface area contributed by atoms with Gasteiger partial charge in [-0.15, -0.1) is 0 Å². The van der Waals surface area contributed by atoms with E-state index in [-0.39, 0.29) is 0 Å². The van der Waals surface area contributed by atoms with Crippen LogP contribution in [0.3, 0.4) is 0 Å². The molecular formula is C13H27NO2. The van der Waals surface area contributed by atoms with Crippen LogP contribution in [-0.2, 0) is 9.47 Å². The van der Waals surface area contributed by atoms with Crippen molar-refractivity contribution in [3.05, 3.63) is 0 Å². The summed E-state index contributed by atoms with van der Waals surface area (Å²) in [5.74, 6) is 0.837. The van der Waals surface area contributed by atoms with Gasteiger partial charge in [-0.3, -0.25) is 0 Å². The fraction of sp³-hybridized carbons (Fsp3) is 1.00. The minimum absolute atomic E-state index is 0.446. The van der Waals surface area contributed by atoms with Crippen LogP contribution in [0.15, 0.2) is 0 Å². The number of hydrogen-bond acceptors (Lipinski definition) is 3. The van der Waals surface area contributed by atoms with Crippen LogP contribution in [0.4, 0.5) is 0 Å². The molecule has 96 valence electrons. The highest BCUT2D eigenvalue weighted by atomic mass is 16.5. The Bertz CT molecular complexity index is 164. The van der Waals surface area contributed by atoms with Crippen LogP contribution in [-0.4, -0.2) is 33.0 Å². The van der Waals surface area contributed by atoms with Crippen molar-refractivity contribution in [1.82, 2.24) is 0 Å². The molecule has 0 aromatic rings. The molecule has 1 fully saturated rings. The predicted octanol–water partition coefficient (Wildman–Crippen LogP) is 2.34. The van der Waals surface area contributed by atoms with Crippen molar-refractivity contribution in [2.75, 3.05) is 26.9 Å². The highest BCUT2D eigenvalue weighted by Crippen LogP contribution is 2.25. The van der Waals surface area contributed by atoms with Gasteiger partial charge in [0.1, 0.15) is 0 Å². The number of methoxy groups -OCH3 is 1. The van der Waals surface area contributed by atoms with E-state index >= 15 is 0 Å². The Balaban J connectivity index is 1.98. The van der Waals surface area contributed by atoms with E-state index in [4.69, 9.17) is 15.2 Å². The molecule has 0 saturated heterocycles. The van der Waals surface area contributed by atoms with Crippen molar-refractivity contribution < 1.29 is 9.47 Å². The Morgan fingerprint density at radius 3 is 2.75 bits per heavy atom. The normalized spacial score (nSPS) is 26.6. The summed E-state index contributed by atoms with van der Waals surface area (Å²) in [4.78, 5) is 0. The third-order valence-corrected chi connectivity index (χ3v) is 3.41. The lowest BCUT2D eigenvalue weighted by atomic mass is 9.94. The van der Waals surface area contributed by atoms with Crippen molar-refractivity contribution in [3.8, 4) is 0 Å². The fourth-order valence-electron chi connectivity index (χ4n) is 2.48. The zero-order chi connectivity index (χ0) is 11.6. The van der Waals surface area contributed by atoms with E-state index in [1.165, 1.54) is 44.9 Å². The molecule has 0 aliphatic heterocycles. The first kappa shape index (κ1) is 13.9. The second-order valence-corrected chi connectivity index (χ2v) is 4.89. The molecule has 1 aliphatic carbocycles. The second-order valence-electron chi connectivity index (χ2n) is 4.89. The minimum atomic E-state index is 0.446. The summed E-state index contributed by atoms with van der Waals surface area (Å²) in [6.07, 6.45) is 8.94. The van der Waals surface area contributed by atoms with Gasteiger partial charge in [0.25, 0.3) is 0 Å². The van der Waals surface area contributed by atoms with Crippen molar-refractivity contribution in [1.29, 1.82) is 0 Å². The van der Waals surface area contributed by atoms with Gasteiger partial charge < -0.3 is 15.2 Å².